The highest BCUT2D eigenvalue weighted by molar-refractivity contribution is 5.97. The average Bonchev–Trinajstić information content (AvgIpc) is 3.22. The predicted octanol–water partition coefficient (Wildman–Crippen LogP) is 3.97. The highest BCUT2D eigenvalue weighted by Crippen LogP contribution is 2.32. The Morgan fingerprint density at radius 3 is 2.68 bits per heavy atom. The first-order valence-electron chi connectivity index (χ1n) is 11.4. The lowest BCUT2D eigenvalue weighted by Gasteiger charge is -2.31. The number of nitrogens with zero attached hydrogens (tertiary/aromatic N) is 5. The number of rotatable bonds is 5. The fourth-order valence-corrected chi connectivity index (χ4v) is 4.77. The number of fused-ring (bicyclic) bond motifs is 1. The molecule has 7 heteroatoms. The summed E-state index contributed by atoms with van der Waals surface area (Å²) < 4.78 is 3.56. The van der Waals surface area contributed by atoms with Crippen LogP contribution in [0.25, 0.3) is 10.8 Å². The van der Waals surface area contributed by atoms with E-state index in [0.29, 0.717) is 18.0 Å². The number of aromatic nitrogens is 4. The van der Waals surface area contributed by atoms with Crippen molar-refractivity contribution in [2.24, 2.45) is 13.0 Å². The Morgan fingerprint density at radius 1 is 1.13 bits per heavy atom. The summed E-state index contributed by atoms with van der Waals surface area (Å²) in [5, 5.41) is 5.50. The smallest absolute Gasteiger partial charge is 0.274 e. The van der Waals surface area contributed by atoms with Gasteiger partial charge in [0.25, 0.3) is 5.56 Å². The highest BCUT2D eigenvalue weighted by Gasteiger charge is 2.31. The number of aryl methyl sites for hydroxylation is 1. The van der Waals surface area contributed by atoms with E-state index in [0.717, 1.165) is 36.0 Å². The van der Waals surface area contributed by atoms with Crippen LogP contribution < -0.4 is 10.5 Å². The van der Waals surface area contributed by atoms with E-state index < -0.39 is 0 Å². The van der Waals surface area contributed by atoms with Crippen LogP contribution >= 0.6 is 0 Å². The average molecular weight is 420 g/mol. The second-order valence-corrected chi connectivity index (χ2v) is 9.00. The molecule has 2 heterocycles. The summed E-state index contributed by atoms with van der Waals surface area (Å²) in [6.45, 7) is 0.443. The molecular weight excluding hydrogens is 390 g/mol. The molecular formula is C24H29N5O2. The van der Waals surface area contributed by atoms with Crippen LogP contribution in [-0.2, 0) is 18.4 Å². The molecule has 7 nitrogen and oxygen atoms in total. The molecule has 2 fully saturated rings. The topological polar surface area (TPSA) is 73.0 Å². The highest BCUT2D eigenvalue weighted by atomic mass is 16.2. The number of benzene rings is 1. The summed E-state index contributed by atoms with van der Waals surface area (Å²) in [6, 6.07) is 6.10. The molecule has 0 radical (unpaired) electrons. The van der Waals surface area contributed by atoms with E-state index in [1.54, 1.807) is 19.3 Å². The normalized spacial score (nSPS) is 17.6. The van der Waals surface area contributed by atoms with Gasteiger partial charge in [-0.15, -0.1) is 0 Å². The van der Waals surface area contributed by atoms with Gasteiger partial charge in [0.2, 0.25) is 5.91 Å². The van der Waals surface area contributed by atoms with Crippen LogP contribution in [0.2, 0.25) is 0 Å². The largest absolute Gasteiger partial charge is 0.334 e. The number of hydrogen-bond acceptors (Lipinski definition) is 4. The second-order valence-electron chi connectivity index (χ2n) is 9.00. The van der Waals surface area contributed by atoms with Gasteiger partial charge >= 0.3 is 0 Å². The van der Waals surface area contributed by atoms with E-state index in [1.807, 2.05) is 23.4 Å². The third kappa shape index (κ3) is 3.89. The molecule has 0 N–H and O–H groups in total. The minimum Gasteiger partial charge on any atom is -0.334 e. The van der Waals surface area contributed by atoms with Gasteiger partial charge in [0, 0.05) is 36.3 Å². The Balaban J connectivity index is 1.45. The summed E-state index contributed by atoms with van der Waals surface area (Å²) in [6.07, 6.45) is 15.0. The van der Waals surface area contributed by atoms with E-state index in [-0.39, 0.29) is 17.4 Å². The maximum Gasteiger partial charge on any atom is 0.274 e. The molecule has 0 spiro atoms. The van der Waals surface area contributed by atoms with Crippen LogP contribution in [0.4, 0.5) is 5.69 Å². The first kappa shape index (κ1) is 20.0. The minimum absolute atomic E-state index is 0.0814. The van der Waals surface area contributed by atoms with E-state index in [1.165, 1.54) is 36.8 Å². The number of anilines is 1. The molecule has 5 rings (SSSR count). The number of carbonyl (C=O) groups excluding carboxylic acids is 1. The van der Waals surface area contributed by atoms with Gasteiger partial charge in [0.05, 0.1) is 30.1 Å². The molecule has 1 amide bonds. The molecule has 2 aliphatic rings. The van der Waals surface area contributed by atoms with Gasteiger partial charge in [-0.3, -0.25) is 9.59 Å². The first-order chi connectivity index (χ1) is 15.1. The Bertz CT molecular complexity index is 1150. The summed E-state index contributed by atoms with van der Waals surface area (Å²) in [5.74, 6) is 0.229. The minimum atomic E-state index is -0.132. The van der Waals surface area contributed by atoms with Gasteiger partial charge in [-0.25, -0.2) is 9.67 Å². The number of carbonyl (C=O) groups is 1. The zero-order valence-corrected chi connectivity index (χ0v) is 18.0. The van der Waals surface area contributed by atoms with E-state index >= 15 is 0 Å². The van der Waals surface area contributed by atoms with Gasteiger partial charge < -0.3 is 9.47 Å². The molecule has 2 aliphatic carbocycles. The summed E-state index contributed by atoms with van der Waals surface area (Å²) >= 11 is 0. The van der Waals surface area contributed by atoms with Crippen LogP contribution in [-0.4, -0.2) is 25.2 Å². The Kier molecular flexibility index (Phi) is 5.34. The van der Waals surface area contributed by atoms with Crippen molar-refractivity contribution in [2.45, 2.75) is 64.0 Å². The molecule has 31 heavy (non-hydrogen) atoms. The lowest BCUT2D eigenvalue weighted by Crippen LogP contribution is -2.38. The third-order valence-corrected chi connectivity index (χ3v) is 6.93. The van der Waals surface area contributed by atoms with Crippen LogP contribution in [0.3, 0.4) is 0 Å². The SMILES string of the molecule is Cn1ncc2cc(N(Cc3cn(C4CCCCC4)cn3)C(=O)C3CCC3)ccc2c1=O. The summed E-state index contributed by atoms with van der Waals surface area (Å²) in [7, 11) is 1.64. The van der Waals surface area contributed by atoms with Gasteiger partial charge in [-0.2, -0.15) is 5.10 Å². The lowest BCUT2D eigenvalue weighted by atomic mass is 9.84. The monoisotopic (exact) mass is 419 g/mol. The molecule has 2 aromatic heterocycles. The van der Waals surface area contributed by atoms with Crippen molar-refractivity contribution in [1.82, 2.24) is 19.3 Å². The Hall–Kier alpha value is -2.96. The zero-order chi connectivity index (χ0) is 21.4. The van der Waals surface area contributed by atoms with Crippen molar-refractivity contribution in [3.8, 4) is 0 Å². The molecule has 0 saturated heterocycles. The van der Waals surface area contributed by atoms with Crippen molar-refractivity contribution in [2.75, 3.05) is 4.90 Å². The number of hydrogen-bond donors (Lipinski definition) is 0. The molecule has 0 bridgehead atoms. The summed E-state index contributed by atoms with van der Waals surface area (Å²) in [5.41, 5.74) is 1.57. The van der Waals surface area contributed by atoms with Crippen molar-refractivity contribution >= 4 is 22.4 Å². The standard InChI is InChI=1S/C24H29N5O2/c1-27-24(31)22-11-10-21(12-18(22)13-26-27)29(23(30)17-6-5-7-17)15-19-14-28(16-25-19)20-8-3-2-4-9-20/h10-14,16-17,20H,2-9,15H2,1H3. The van der Waals surface area contributed by atoms with Gasteiger partial charge in [0.15, 0.2) is 0 Å². The molecule has 162 valence electrons. The lowest BCUT2D eigenvalue weighted by molar-refractivity contribution is -0.124. The fraction of sp³-hybridized carbons (Fsp3) is 0.500. The molecule has 3 aromatic rings. The van der Waals surface area contributed by atoms with Crippen LogP contribution in [0.15, 0.2) is 41.7 Å². The van der Waals surface area contributed by atoms with Gasteiger partial charge in [0.1, 0.15) is 0 Å². The molecule has 0 aliphatic heterocycles. The second kappa shape index (κ2) is 8.29. The number of imidazole rings is 1. The quantitative estimate of drug-likeness (QED) is 0.627. The van der Waals surface area contributed by atoms with Crippen molar-refractivity contribution in [3.05, 3.63) is 53.0 Å². The maximum absolute atomic E-state index is 13.3. The summed E-state index contributed by atoms with van der Waals surface area (Å²) in [4.78, 5) is 32.1. The predicted molar refractivity (Wildman–Crippen MR) is 120 cm³/mol. The van der Waals surface area contributed by atoms with Crippen molar-refractivity contribution in [1.29, 1.82) is 0 Å². The first-order valence-corrected chi connectivity index (χ1v) is 11.4. The van der Waals surface area contributed by atoms with Crippen molar-refractivity contribution < 1.29 is 4.79 Å². The molecule has 2 saturated carbocycles. The van der Waals surface area contributed by atoms with E-state index in [2.05, 4.69) is 20.8 Å². The molecule has 1 aromatic carbocycles. The van der Waals surface area contributed by atoms with Crippen molar-refractivity contribution in [3.63, 3.8) is 0 Å². The third-order valence-electron chi connectivity index (χ3n) is 6.93. The fourth-order valence-electron chi connectivity index (χ4n) is 4.77. The van der Waals surface area contributed by atoms with Crippen LogP contribution in [0.5, 0.6) is 0 Å². The van der Waals surface area contributed by atoms with E-state index in [9.17, 15) is 9.59 Å². The van der Waals surface area contributed by atoms with Crippen LogP contribution in [0.1, 0.15) is 63.1 Å². The van der Waals surface area contributed by atoms with Crippen LogP contribution in [0, 0.1) is 5.92 Å². The molecule has 0 unspecified atom stereocenters. The van der Waals surface area contributed by atoms with Gasteiger partial charge in [-0.1, -0.05) is 25.7 Å². The Labute approximate surface area is 181 Å². The van der Waals surface area contributed by atoms with Gasteiger partial charge in [-0.05, 0) is 43.9 Å². The zero-order valence-electron chi connectivity index (χ0n) is 18.0. The Morgan fingerprint density at radius 2 is 1.94 bits per heavy atom. The van der Waals surface area contributed by atoms with E-state index in [4.69, 9.17) is 0 Å². The maximum atomic E-state index is 13.3. The number of amides is 1. The molecule has 0 atom stereocenters.